The van der Waals surface area contributed by atoms with Crippen LogP contribution < -0.4 is 14.4 Å². The fraction of sp³-hybridized carbons (Fsp3) is 0.190. The van der Waals surface area contributed by atoms with Crippen LogP contribution in [0.25, 0.3) is 11.3 Å². The van der Waals surface area contributed by atoms with Gasteiger partial charge in [0.2, 0.25) is 5.91 Å². The highest BCUT2D eigenvalue weighted by molar-refractivity contribution is 6.42. The molecule has 2 aromatic carbocycles. The van der Waals surface area contributed by atoms with Crippen molar-refractivity contribution < 1.29 is 23.8 Å². The van der Waals surface area contributed by atoms with Gasteiger partial charge in [0.15, 0.2) is 11.5 Å². The number of carbonyl (C=O) groups is 2. The number of imide groups is 1. The van der Waals surface area contributed by atoms with E-state index in [1.807, 2.05) is 6.07 Å². The van der Waals surface area contributed by atoms with Crippen LogP contribution >= 0.6 is 0 Å². The minimum atomic E-state index is -0.510. The number of hydrogen-bond donors (Lipinski definition) is 0. The average Bonchev–Trinajstić information content (AvgIpc) is 2.99. The lowest BCUT2D eigenvalue weighted by molar-refractivity contribution is -0.122. The first-order chi connectivity index (χ1) is 13.5. The van der Waals surface area contributed by atoms with Crippen LogP contribution in [0, 0.1) is 11.3 Å². The number of nitrogens with zero attached hydrogens (tertiary/aromatic N) is 2. The van der Waals surface area contributed by atoms with Gasteiger partial charge in [-0.2, -0.15) is 5.26 Å². The molecule has 142 valence electrons. The third kappa shape index (κ3) is 2.95. The van der Waals surface area contributed by atoms with Crippen LogP contribution in [0.2, 0.25) is 0 Å². The molecule has 28 heavy (non-hydrogen) atoms. The predicted molar refractivity (Wildman–Crippen MR) is 103 cm³/mol. The molecule has 1 aliphatic heterocycles. The van der Waals surface area contributed by atoms with Gasteiger partial charge in [0, 0.05) is 18.1 Å². The summed E-state index contributed by atoms with van der Waals surface area (Å²) in [6.45, 7) is 1.30. The number of ether oxygens (including phenoxy) is 3. The highest BCUT2D eigenvalue weighted by Crippen LogP contribution is 2.42. The number of benzene rings is 2. The quantitative estimate of drug-likeness (QED) is 0.600. The van der Waals surface area contributed by atoms with Gasteiger partial charge in [-0.05, 0) is 30.3 Å². The molecular formula is C21H18N2O5. The molecule has 1 heterocycles. The topological polar surface area (TPSA) is 88.9 Å². The van der Waals surface area contributed by atoms with Gasteiger partial charge in [-0.1, -0.05) is 6.07 Å². The first-order valence-corrected chi connectivity index (χ1v) is 8.37. The van der Waals surface area contributed by atoms with E-state index < -0.39 is 11.8 Å². The summed E-state index contributed by atoms with van der Waals surface area (Å²) in [6.07, 6.45) is 0. The smallest absolute Gasteiger partial charge is 0.269 e. The molecule has 0 aliphatic carbocycles. The molecule has 0 radical (unpaired) electrons. The molecular weight excluding hydrogens is 360 g/mol. The van der Waals surface area contributed by atoms with Gasteiger partial charge >= 0.3 is 0 Å². The van der Waals surface area contributed by atoms with Gasteiger partial charge in [-0.15, -0.1) is 0 Å². The van der Waals surface area contributed by atoms with Gasteiger partial charge in [0.05, 0.1) is 44.2 Å². The first-order valence-electron chi connectivity index (χ1n) is 8.37. The Morgan fingerprint density at radius 1 is 1.04 bits per heavy atom. The monoisotopic (exact) mass is 378 g/mol. The normalized spacial score (nSPS) is 14.2. The van der Waals surface area contributed by atoms with Gasteiger partial charge in [0.25, 0.3) is 5.91 Å². The molecule has 2 amide bonds. The molecule has 1 aliphatic rings. The second-order valence-corrected chi connectivity index (χ2v) is 5.98. The molecule has 0 bridgehead atoms. The Morgan fingerprint density at radius 3 is 2.32 bits per heavy atom. The fourth-order valence-corrected chi connectivity index (χ4v) is 3.21. The van der Waals surface area contributed by atoms with Crippen molar-refractivity contribution in [2.45, 2.75) is 6.92 Å². The van der Waals surface area contributed by atoms with Crippen molar-refractivity contribution in [3.8, 4) is 17.6 Å². The summed E-state index contributed by atoms with van der Waals surface area (Å²) in [6, 6.07) is 11.9. The highest BCUT2D eigenvalue weighted by Gasteiger charge is 2.38. The van der Waals surface area contributed by atoms with Crippen LogP contribution in [-0.2, 0) is 14.3 Å². The molecule has 0 fully saturated rings. The molecule has 3 rings (SSSR count). The lowest BCUT2D eigenvalue weighted by Gasteiger charge is -2.14. The highest BCUT2D eigenvalue weighted by atomic mass is 16.5. The zero-order chi connectivity index (χ0) is 20.4. The first kappa shape index (κ1) is 19.0. The van der Waals surface area contributed by atoms with E-state index in [0.29, 0.717) is 39.6 Å². The summed E-state index contributed by atoms with van der Waals surface area (Å²) >= 11 is 0. The maximum atomic E-state index is 13.1. The molecule has 0 atom stereocenters. The van der Waals surface area contributed by atoms with E-state index in [-0.39, 0.29) is 5.57 Å². The summed E-state index contributed by atoms with van der Waals surface area (Å²) < 4.78 is 16.1. The standard InChI is InChI=1S/C21H18N2O5/c1-12(24)23-16-9-13(11-22)5-7-15(16)19(21(23)25)20(28-4)14-6-8-17(26-2)18(10-14)27-3/h5-10H,1-4H3/b20-19+. The summed E-state index contributed by atoms with van der Waals surface area (Å²) in [5.41, 5.74) is 2.06. The largest absolute Gasteiger partial charge is 0.495 e. The number of anilines is 1. The Morgan fingerprint density at radius 2 is 1.75 bits per heavy atom. The molecule has 0 saturated heterocycles. The van der Waals surface area contributed by atoms with Gasteiger partial charge in [-0.3, -0.25) is 9.59 Å². The van der Waals surface area contributed by atoms with Gasteiger partial charge in [-0.25, -0.2) is 4.90 Å². The molecule has 0 spiro atoms. The molecule has 0 saturated carbocycles. The molecule has 7 heteroatoms. The van der Waals surface area contributed by atoms with Crippen molar-refractivity contribution in [3.05, 3.63) is 53.1 Å². The number of carbonyl (C=O) groups excluding carboxylic acids is 2. The number of hydrogen-bond acceptors (Lipinski definition) is 6. The van der Waals surface area contributed by atoms with Crippen LogP contribution in [0.3, 0.4) is 0 Å². The lowest BCUT2D eigenvalue weighted by atomic mass is 10.0. The van der Waals surface area contributed by atoms with E-state index in [2.05, 4.69) is 0 Å². The van der Waals surface area contributed by atoms with Crippen LogP contribution in [0.4, 0.5) is 5.69 Å². The fourth-order valence-electron chi connectivity index (χ4n) is 3.21. The Kier molecular flexibility index (Phi) is 5.05. The second kappa shape index (κ2) is 7.45. The summed E-state index contributed by atoms with van der Waals surface area (Å²) in [5.74, 6) is 0.349. The molecule has 0 unspecified atom stereocenters. The lowest BCUT2D eigenvalue weighted by Crippen LogP contribution is -2.31. The Bertz CT molecular complexity index is 1050. The van der Waals surface area contributed by atoms with Crippen LogP contribution in [0.1, 0.15) is 23.6 Å². The van der Waals surface area contributed by atoms with Crippen LogP contribution in [0.5, 0.6) is 11.5 Å². The van der Waals surface area contributed by atoms with Crippen molar-refractivity contribution in [1.82, 2.24) is 0 Å². The number of fused-ring (bicyclic) bond motifs is 1. The second-order valence-electron chi connectivity index (χ2n) is 5.98. The van der Waals surface area contributed by atoms with E-state index in [0.717, 1.165) is 4.90 Å². The number of amides is 2. The van der Waals surface area contributed by atoms with Crippen molar-refractivity contribution in [2.75, 3.05) is 26.2 Å². The Labute approximate surface area is 162 Å². The van der Waals surface area contributed by atoms with E-state index in [1.165, 1.54) is 34.3 Å². The van der Waals surface area contributed by atoms with Gasteiger partial charge in [0.1, 0.15) is 5.76 Å². The van der Waals surface area contributed by atoms with Crippen LogP contribution in [-0.4, -0.2) is 33.1 Å². The third-order valence-electron chi connectivity index (χ3n) is 4.45. The Hall–Kier alpha value is -3.79. The van der Waals surface area contributed by atoms with Crippen molar-refractivity contribution in [1.29, 1.82) is 5.26 Å². The Balaban J connectivity index is 2.28. The van der Waals surface area contributed by atoms with E-state index in [1.54, 1.807) is 30.3 Å². The summed E-state index contributed by atoms with van der Waals surface area (Å²) in [5, 5.41) is 9.17. The van der Waals surface area contributed by atoms with E-state index in [9.17, 15) is 9.59 Å². The summed E-state index contributed by atoms with van der Waals surface area (Å²) in [7, 11) is 4.49. The number of rotatable bonds is 4. The van der Waals surface area contributed by atoms with Crippen molar-refractivity contribution in [2.24, 2.45) is 0 Å². The molecule has 0 aromatic heterocycles. The zero-order valence-electron chi connectivity index (χ0n) is 15.9. The maximum absolute atomic E-state index is 13.1. The van der Waals surface area contributed by atoms with E-state index in [4.69, 9.17) is 19.5 Å². The number of methoxy groups -OCH3 is 3. The van der Waals surface area contributed by atoms with Crippen LogP contribution in [0.15, 0.2) is 36.4 Å². The third-order valence-corrected chi connectivity index (χ3v) is 4.45. The molecule has 0 N–H and O–H groups in total. The molecule has 2 aromatic rings. The number of nitriles is 1. The van der Waals surface area contributed by atoms with E-state index >= 15 is 0 Å². The minimum absolute atomic E-state index is 0.240. The summed E-state index contributed by atoms with van der Waals surface area (Å²) in [4.78, 5) is 26.2. The SMILES string of the molecule is CO/C(=C1/C(=O)N(C(C)=O)c2cc(C#N)ccc21)c1ccc(OC)c(OC)c1. The molecule has 7 nitrogen and oxygen atoms in total. The van der Waals surface area contributed by atoms with Crippen molar-refractivity contribution >= 4 is 28.8 Å². The average molecular weight is 378 g/mol. The van der Waals surface area contributed by atoms with Crippen molar-refractivity contribution in [3.63, 3.8) is 0 Å². The maximum Gasteiger partial charge on any atom is 0.269 e. The zero-order valence-corrected chi connectivity index (χ0v) is 15.9. The predicted octanol–water partition coefficient (Wildman–Crippen LogP) is 2.98. The van der Waals surface area contributed by atoms with Gasteiger partial charge < -0.3 is 14.2 Å². The minimum Gasteiger partial charge on any atom is -0.495 e.